The third-order valence-electron chi connectivity index (χ3n) is 6.73. The van der Waals surface area contributed by atoms with Crippen LogP contribution in [0.5, 0.6) is 5.88 Å². The number of halogens is 1. The third kappa shape index (κ3) is 4.92. The van der Waals surface area contributed by atoms with Gasteiger partial charge in [0.25, 0.3) is 0 Å². The number of benzene rings is 1. The van der Waals surface area contributed by atoms with Gasteiger partial charge in [-0.1, -0.05) is 6.07 Å². The molecule has 2 saturated heterocycles. The van der Waals surface area contributed by atoms with Gasteiger partial charge in [0.15, 0.2) is 0 Å². The van der Waals surface area contributed by atoms with Crippen molar-refractivity contribution in [1.29, 1.82) is 5.53 Å². The van der Waals surface area contributed by atoms with Crippen molar-refractivity contribution in [2.45, 2.75) is 31.3 Å². The summed E-state index contributed by atoms with van der Waals surface area (Å²) in [6.45, 7) is 3.85. The fraction of sp³-hybridized carbons (Fsp3) is 0.500. The fourth-order valence-corrected chi connectivity index (χ4v) is 4.69. The van der Waals surface area contributed by atoms with Crippen LogP contribution in [0.25, 0.3) is 16.6 Å². The molecule has 0 amide bonds. The number of aromatic nitrogens is 3. The largest absolute Gasteiger partial charge is 0.479 e. The van der Waals surface area contributed by atoms with E-state index in [9.17, 15) is 4.39 Å². The molecule has 2 aliphatic heterocycles. The predicted octanol–water partition coefficient (Wildman–Crippen LogP) is 4.11. The Morgan fingerprint density at radius 1 is 1.26 bits per heavy atom. The van der Waals surface area contributed by atoms with E-state index in [1.54, 1.807) is 17.7 Å². The molecule has 2 fully saturated rings. The van der Waals surface area contributed by atoms with Gasteiger partial charge in [-0.05, 0) is 43.0 Å². The van der Waals surface area contributed by atoms with Gasteiger partial charge in [0.1, 0.15) is 11.2 Å². The Morgan fingerprint density at radius 2 is 2.09 bits per heavy atom. The molecule has 0 spiro atoms. The van der Waals surface area contributed by atoms with Crippen LogP contribution >= 0.6 is 0 Å². The lowest BCUT2D eigenvalue weighted by atomic mass is 10.0. The maximum Gasteiger partial charge on any atom is 0.244 e. The summed E-state index contributed by atoms with van der Waals surface area (Å²) in [6, 6.07) is 8.43. The van der Waals surface area contributed by atoms with E-state index >= 15 is 0 Å². The Labute approximate surface area is 203 Å². The van der Waals surface area contributed by atoms with Gasteiger partial charge in [-0.15, -0.1) is 5.10 Å². The van der Waals surface area contributed by atoms with Crippen molar-refractivity contribution < 1.29 is 13.9 Å². The molecule has 10 nitrogen and oxygen atoms in total. The van der Waals surface area contributed by atoms with Crippen LogP contribution in [0.2, 0.25) is 0 Å². The number of alkyl halides is 1. The predicted molar refractivity (Wildman–Crippen MR) is 132 cm³/mol. The topological polar surface area (TPSA) is 112 Å². The van der Waals surface area contributed by atoms with Crippen LogP contribution in [0.15, 0.2) is 35.6 Å². The second-order valence-electron chi connectivity index (χ2n) is 8.93. The van der Waals surface area contributed by atoms with Crippen molar-refractivity contribution in [2.75, 3.05) is 57.3 Å². The molecule has 0 unspecified atom stereocenters. The monoisotopic (exact) mass is 482 g/mol. The van der Waals surface area contributed by atoms with Crippen molar-refractivity contribution in [1.82, 2.24) is 19.5 Å². The van der Waals surface area contributed by atoms with Crippen molar-refractivity contribution in [2.24, 2.45) is 5.11 Å². The zero-order valence-electron chi connectivity index (χ0n) is 19.8. The molecule has 0 aliphatic carbocycles. The number of nitrogens with one attached hydrogen (secondary N) is 3. The lowest BCUT2D eigenvalue weighted by molar-refractivity contribution is -0.0705. The molecule has 3 N–H and O–H groups in total. The molecule has 186 valence electrons. The van der Waals surface area contributed by atoms with Gasteiger partial charge < -0.3 is 20.1 Å². The van der Waals surface area contributed by atoms with E-state index in [4.69, 9.17) is 20.1 Å². The van der Waals surface area contributed by atoms with Gasteiger partial charge in [0, 0.05) is 37.4 Å². The first kappa shape index (κ1) is 23.4. The van der Waals surface area contributed by atoms with E-state index in [-0.39, 0.29) is 0 Å². The van der Waals surface area contributed by atoms with Crippen LogP contribution in [0.4, 0.5) is 21.7 Å². The Balaban J connectivity index is 1.37. The van der Waals surface area contributed by atoms with Crippen molar-refractivity contribution in [3.63, 3.8) is 0 Å². The lowest BCUT2D eigenvalue weighted by Gasteiger charge is -2.41. The summed E-state index contributed by atoms with van der Waals surface area (Å²) in [5, 5.41) is 14.9. The van der Waals surface area contributed by atoms with E-state index in [2.05, 4.69) is 25.6 Å². The molecule has 2 aliphatic rings. The first-order valence-electron chi connectivity index (χ1n) is 12.0. The minimum Gasteiger partial charge on any atom is -0.479 e. The maximum atomic E-state index is 12.5. The highest BCUT2D eigenvalue weighted by molar-refractivity contribution is 5.87. The minimum atomic E-state index is -0.399. The minimum absolute atomic E-state index is 0.309. The summed E-state index contributed by atoms with van der Waals surface area (Å²) in [4.78, 5) is 7.17. The third-order valence-corrected chi connectivity index (χ3v) is 6.73. The molecule has 3 aromatic rings. The van der Waals surface area contributed by atoms with Crippen molar-refractivity contribution >= 4 is 22.8 Å². The summed E-state index contributed by atoms with van der Waals surface area (Å²) in [5.74, 6) is 1.02. The summed E-state index contributed by atoms with van der Waals surface area (Å²) < 4.78 is 25.3. The fourth-order valence-electron chi connectivity index (χ4n) is 4.69. The summed E-state index contributed by atoms with van der Waals surface area (Å²) in [7, 11) is 1.61. The number of methoxy groups -OCH3 is 1. The maximum absolute atomic E-state index is 12.5. The Morgan fingerprint density at radius 3 is 2.77 bits per heavy atom. The highest BCUT2D eigenvalue weighted by Gasteiger charge is 2.30. The summed E-state index contributed by atoms with van der Waals surface area (Å²) >= 11 is 0. The second kappa shape index (κ2) is 10.5. The van der Waals surface area contributed by atoms with Crippen LogP contribution in [0.3, 0.4) is 0 Å². The molecule has 0 saturated carbocycles. The van der Waals surface area contributed by atoms with Crippen LogP contribution in [-0.4, -0.2) is 78.2 Å². The van der Waals surface area contributed by atoms with Gasteiger partial charge in [-0.3, -0.25) is 9.29 Å². The molecule has 0 atom stereocenters. The zero-order chi connectivity index (χ0) is 24.2. The van der Waals surface area contributed by atoms with E-state index in [1.807, 2.05) is 24.4 Å². The number of nitrogens with zero attached hydrogens (tertiary/aromatic N) is 5. The Bertz CT molecular complexity index is 1170. The lowest BCUT2D eigenvalue weighted by Crippen LogP contribution is -2.53. The molecule has 0 bridgehead atoms. The first-order valence-corrected chi connectivity index (χ1v) is 12.0. The molecule has 11 heteroatoms. The molecular formula is C24H31FN8O2. The molecule has 2 aromatic heterocycles. The number of hydrogen-bond acceptors (Lipinski definition) is 9. The summed E-state index contributed by atoms with van der Waals surface area (Å²) in [6.07, 6.45) is 4.34. The molecule has 4 heterocycles. The number of fused-ring (bicyclic) bond motifs is 1. The molecule has 1 aromatic carbocycles. The van der Waals surface area contributed by atoms with Crippen LogP contribution in [0, 0.1) is 5.53 Å². The van der Waals surface area contributed by atoms with Crippen molar-refractivity contribution in [3.8, 4) is 17.0 Å². The molecule has 0 radical (unpaired) electrons. The van der Waals surface area contributed by atoms with E-state index in [0.717, 1.165) is 55.8 Å². The van der Waals surface area contributed by atoms with Gasteiger partial charge in [-0.25, -0.2) is 10.0 Å². The smallest absolute Gasteiger partial charge is 0.244 e. The van der Waals surface area contributed by atoms with Gasteiger partial charge in [-0.2, -0.15) is 10.1 Å². The van der Waals surface area contributed by atoms with Crippen molar-refractivity contribution in [3.05, 3.63) is 30.5 Å². The normalized spacial score (nSPS) is 17.3. The Hall–Kier alpha value is -3.31. The molecular weight excluding hydrogens is 451 g/mol. The number of likely N-dealkylation sites (tertiary alicyclic amines) is 1. The standard InChI is InChI=1S/C24H31FN8O2/c1-34-23-22-19(16-3-4-20(30-26)21(13-16)27-9-2-8-25)7-12-33(22)31-24(29-23)28-17-5-10-32(11-6-17)18-14-35-15-18/h3-4,7,12-13,17-18,26-27H,2,5-6,8-11,14-15H2,1H3,(H,28,31). The number of rotatable bonds is 10. The zero-order valence-corrected chi connectivity index (χ0v) is 19.8. The van der Waals surface area contributed by atoms with Gasteiger partial charge in [0.05, 0.1) is 38.7 Å². The number of ether oxygens (including phenoxy) is 2. The molecule has 35 heavy (non-hydrogen) atoms. The van der Waals surface area contributed by atoms with Crippen LogP contribution in [0.1, 0.15) is 19.3 Å². The average Bonchev–Trinajstić information content (AvgIpc) is 3.28. The number of piperidine rings is 1. The SMILES string of the molecule is COc1nc(NC2CCN(C3COC3)CC2)nn2ccc(-c3ccc(N=N)c(NCCCF)c3)c12. The highest BCUT2D eigenvalue weighted by Crippen LogP contribution is 2.36. The number of hydrogen-bond donors (Lipinski definition) is 3. The second-order valence-corrected chi connectivity index (χ2v) is 8.93. The first-order chi connectivity index (χ1) is 17.2. The van der Waals surface area contributed by atoms with Gasteiger partial charge >= 0.3 is 0 Å². The highest BCUT2D eigenvalue weighted by atomic mass is 19.1. The number of anilines is 2. The van der Waals surface area contributed by atoms with Gasteiger partial charge in [0.2, 0.25) is 11.8 Å². The van der Waals surface area contributed by atoms with E-state index in [1.165, 1.54) is 0 Å². The van der Waals surface area contributed by atoms with E-state index < -0.39 is 6.67 Å². The Kier molecular flexibility index (Phi) is 7.05. The summed E-state index contributed by atoms with van der Waals surface area (Å²) in [5.41, 5.74) is 11.2. The van der Waals surface area contributed by atoms with E-state index in [0.29, 0.717) is 48.3 Å². The van der Waals surface area contributed by atoms with Crippen LogP contribution < -0.4 is 15.4 Å². The molecule has 5 rings (SSSR count). The quantitative estimate of drug-likeness (QED) is 0.294. The average molecular weight is 483 g/mol. The van der Waals surface area contributed by atoms with Crippen LogP contribution in [-0.2, 0) is 4.74 Å².